The largest absolute Gasteiger partial charge is 3.00 e. The minimum absolute atomic E-state index is 0. The molecule has 0 unspecified atom stereocenters. The molecule has 12 nitrogen and oxygen atoms in total. The van der Waals surface area contributed by atoms with Gasteiger partial charge in [0, 0.05) is 42.1 Å². The Hall–Kier alpha value is -0.627. The van der Waals surface area contributed by atoms with Gasteiger partial charge in [0.2, 0.25) is 0 Å². The van der Waals surface area contributed by atoms with Crippen LogP contribution in [0.25, 0.3) is 0 Å². The van der Waals surface area contributed by atoms with Crippen LogP contribution in [0.2, 0.25) is 0 Å². The van der Waals surface area contributed by atoms with E-state index in [1.54, 1.807) is 0 Å². The molecule has 23 heteroatoms. The Labute approximate surface area is 396 Å². The summed E-state index contributed by atoms with van der Waals surface area (Å²) in [5.41, 5.74) is 12.8. The van der Waals surface area contributed by atoms with Crippen molar-refractivity contribution in [1.29, 1.82) is 0 Å². The van der Waals surface area contributed by atoms with Gasteiger partial charge in [-0.1, -0.05) is 0 Å². The minimum Gasteiger partial charge on any atom is -2.00 e. The van der Waals surface area contributed by atoms with E-state index in [2.05, 4.69) is 105 Å². The van der Waals surface area contributed by atoms with Crippen molar-refractivity contribution in [2.24, 2.45) is 0 Å². The maximum Gasteiger partial charge on any atom is 3.00 e. The van der Waals surface area contributed by atoms with Crippen molar-refractivity contribution in [1.82, 2.24) is 58.1 Å². The Bertz CT molecular complexity index is 1620. The third-order valence-corrected chi connectivity index (χ3v) is 8.23. The first-order valence-electron chi connectivity index (χ1n) is 15.2. The first-order chi connectivity index (χ1) is 20.7. The number of hydrogen-bond donors (Lipinski definition) is 0. The number of aromatic nitrogens is 12. The molecule has 6 aromatic rings. The van der Waals surface area contributed by atoms with Crippen LogP contribution in [0.4, 0.5) is 0 Å². The van der Waals surface area contributed by atoms with Crippen LogP contribution in [0.5, 0.6) is 0 Å². The van der Waals surface area contributed by atoms with Gasteiger partial charge in [-0.25, -0.2) is 30.6 Å². The van der Waals surface area contributed by atoms with E-state index in [1.165, 1.54) is 0 Å². The zero-order valence-corrected chi connectivity index (χ0v) is 43.7. The zero-order valence-electron chi connectivity index (χ0n) is 31.8. The fourth-order valence-corrected chi connectivity index (χ4v) is 6.53. The van der Waals surface area contributed by atoms with Gasteiger partial charge >= 0.3 is 31.0 Å². The van der Waals surface area contributed by atoms with Crippen molar-refractivity contribution in [3.05, 3.63) is 105 Å². The van der Waals surface area contributed by atoms with Crippen molar-refractivity contribution in [2.45, 2.75) is 83.1 Å². The summed E-state index contributed by atoms with van der Waals surface area (Å²) in [7, 11) is -2.52. The smallest absolute Gasteiger partial charge is 2.00 e. The van der Waals surface area contributed by atoms with Crippen LogP contribution < -0.4 is 0 Å². The molecule has 0 aromatic carbocycles. The predicted octanol–water partition coefficient (Wildman–Crippen LogP) is 3.56. The van der Waals surface area contributed by atoms with E-state index in [0.717, 1.165) is 68.3 Å². The molecule has 298 valence electrons. The van der Waals surface area contributed by atoms with Crippen LogP contribution in [0.1, 0.15) is 68.3 Å². The fraction of sp³-hybridized carbons (Fsp3) is 0.400. The van der Waals surface area contributed by atoms with Crippen LogP contribution >= 0.6 is 0 Å². The maximum atomic E-state index is 4.70. The maximum absolute atomic E-state index is 4.70. The average molecular weight is 1210 g/mol. The second kappa shape index (κ2) is 25.6. The third-order valence-electron chi connectivity index (χ3n) is 8.23. The molecule has 53 heavy (non-hydrogen) atoms. The van der Waals surface area contributed by atoms with Crippen molar-refractivity contribution in [3.63, 3.8) is 0 Å². The second-order valence-electron chi connectivity index (χ2n) is 12.4. The average Bonchev–Trinajstić information content (AvgIpc) is 3.74. The summed E-state index contributed by atoms with van der Waals surface area (Å²) in [5.74, 6) is 0. The summed E-state index contributed by atoms with van der Waals surface area (Å²) >= 11 is 0. The van der Waals surface area contributed by atoms with Crippen molar-refractivity contribution < 1.29 is 58.9 Å². The molecule has 0 N–H and O–H groups in total. The fourth-order valence-electron chi connectivity index (χ4n) is 6.53. The van der Waals surface area contributed by atoms with E-state index in [0.29, 0.717) is 0 Å². The number of rotatable bonds is 6. The van der Waals surface area contributed by atoms with Crippen LogP contribution in [0, 0.1) is 83.1 Å². The summed E-state index contributed by atoms with van der Waals surface area (Å²) in [6.45, 7) is 24.6. The summed E-state index contributed by atoms with van der Waals surface area (Å²) < 4.78 is 12.4. The first kappa shape index (κ1) is 61.6. The van der Waals surface area contributed by atoms with Crippen molar-refractivity contribution >= 4 is 95.2 Å². The van der Waals surface area contributed by atoms with Gasteiger partial charge in [-0.2, -0.15) is 0 Å². The Morgan fingerprint density at radius 2 is 0.415 bits per heavy atom. The molecule has 0 saturated carbocycles. The summed E-state index contributed by atoms with van der Waals surface area (Å²) in [4.78, 5) is 0. The number of nitrogens with zero attached hydrogens (tertiary/aromatic N) is 12. The molecule has 6 heterocycles. The molecule has 6 aromatic heterocycles. The molecule has 0 radical (unpaired) electrons. The van der Waals surface area contributed by atoms with Crippen LogP contribution in [0.3, 0.4) is 0 Å². The second-order valence-corrected chi connectivity index (χ2v) is 12.4. The molecule has 0 aliphatic rings. The molecule has 0 aliphatic heterocycles. The molecule has 0 spiro atoms. The Morgan fingerprint density at radius 1 is 0.302 bits per heavy atom. The Kier molecular flexibility index (Phi) is 29.7. The van der Waals surface area contributed by atoms with Gasteiger partial charge in [0.1, 0.15) is 0 Å². The molecule has 0 saturated heterocycles. The Morgan fingerprint density at radius 3 is 0.491 bits per heavy atom. The Balaban J connectivity index is -0.000000248. The van der Waals surface area contributed by atoms with Crippen molar-refractivity contribution in [3.8, 4) is 0 Å². The van der Waals surface area contributed by atoms with E-state index in [4.69, 9.17) is 30.6 Å². The molecular formula is C30H44B2CoN12S6W2-11. The monoisotopic (exact) mass is 1210 g/mol. The zero-order chi connectivity index (χ0) is 32.0. The quantitative estimate of drug-likeness (QED) is 0.237. The van der Waals surface area contributed by atoms with Crippen molar-refractivity contribution in [2.75, 3.05) is 0 Å². The van der Waals surface area contributed by atoms with Gasteiger partial charge in [-0.15, -0.1) is 0 Å². The van der Waals surface area contributed by atoms with E-state index in [1.807, 2.05) is 41.5 Å². The van der Waals surface area contributed by atoms with Gasteiger partial charge in [-0.05, 0) is 154 Å². The van der Waals surface area contributed by atoms with E-state index >= 15 is 0 Å². The van der Waals surface area contributed by atoms with E-state index in [-0.39, 0.29) is 140 Å². The number of aryl methyl sites for hydroxylation is 12. The van der Waals surface area contributed by atoms with Gasteiger partial charge in [0.15, 0.2) is 0 Å². The first-order valence-corrected chi connectivity index (χ1v) is 15.2. The minimum atomic E-state index is -1.26. The van der Waals surface area contributed by atoms with Gasteiger partial charge in [-0.3, -0.25) is 0 Å². The van der Waals surface area contributed by atoms with Gasteiger partial charge in [0.25, 0.3) is 0 Å². The van der Waals surface area contributed by atoms with Crippen LogP contribution in [-0.2, 0) is 140 Å². The topological polar surface area (TPSA) is 107 Å². The summed E-state index contributed by atoms with van der Waals surface area (Å²) in [6.07, 6.45) is 0. The molecule has 6 rings (SSSR count). The summed E-state index contributed by atoms with van der Waals surface area (Å²) in [5, 5.41) is 28.2. The molecule has 0 amide bonds. The summed E-state index contributed by atoms with van der Waals surface area (Å²) in [6, 6.07) is 12.6. The van der Waals surface area contributed by atoms with Crippen LogP contribution in [-0.4, -0.2) is 72.4 Å². The molecule has 0 aliphatic carbocycles. The van der Waals surface area contributed by atoms with E-state index < -0.39 is 14.2 Å². The van der Waals surface area contributed by atoms with Gasteiger partial charge in [0.05, 0.1) is 34.2 Å². The van der Waals surface area contributed by atoms with E-state index in [9.17, 15) is 0 Å². The standard InChI is InChI=1S/2C15H22BN6.Co.6S.2W/c2*1-10-7-13(4)20(17-10)16(21-14(5)8-11(2)18-21)22-15(6)9-12(3)19-22;;;;;;;;;/h2*7-9,16H,1-6H3;;;;;;;;;/q2*-1;+3;6*-2;;. The molecule has 0 fully saturated rings. The SMILES string of the molecule is Cc1cc(C)n([BH-](n2nc(C)cc2C)n2nc(C)cc2C)n1.Cc1cc(C)n([BH-](n2nc(C)cc2C)n2nc(C)cc2C)n1.[Co+3].[S-2].[S-2].[S-2].[S-2].[S-2].[S-2].[W].[W]. The molecule has 0 bridgehead atoms. The van der Waals surface area contributed by atoms with Crippen LogP contribution in [0.15, 0.2) is 36.4 Å². The normalized spacial score (nSPS) is 9.62. The third kappa shape index (κ3) is 13.8. The molecular weight excluding hydrogens is 1170 g/mol. The molecule has 0 atom stereocenters. The van der Waals surface area contributed by atoms with Gasteiger partial charge < -0.3 is 109 Å². The number of hydrogen-bond acceptors (Lipinski definition) is 6. The predicted molar refractivity (Wildman–Crippen MR) is 221 cm³/mol.